The Morgan fingerprint density at radius 1 is 1.11 bits per heavy atom. The number of aliphatic carboxylic acids is 1. The fourth-order valence-corrected chi connectivity index (χ4v) is 4.20. The van der Waals surface area contributed by atoms with Gasteiger partial charge in [0.15, 0.2) is 0 Å². The number of rotatable bonds is 10. The molecule has 0 saturated heterocycles. The minimum Gasteiger partial charge on any atom is -0.481 e. The molecule has 2 aromatic carbocycles. The molecule has 0 aliphatic rings. The van der Waals surface area contributed by atoms with Crippen LogP contribution in [-0.4, -0.2) is 41.7 Å². The maximum atomic E-state index is 14.3. The highest BCUT2D eigenvalue weighted by atomic mass is 35.5. The molecular weight excluding hydrogens is 528 g/mol. The van der Waals surface area contributed by atoms with E-state index in [9.17, 15) is 32.3 Å². The number of halogens is 5. The molecule has 38 heavy (non-hydrogen) atoms. The minimum absolute atomic E-state index is 0.0484. The van der Waals surface area contributed by atoms with Crippen molar-refractivity contribution < 1.29 is 37.0 Å². The number of carbonyl (C=O) groups excluding carboxylic acids is 1. The summed E-state index contributed by atoms with van der Waals surface area (Å²) in [6, 6.07) is 11.9. The van der Waals surface area contributed by atoms with Gasteiger partial charge in [-0.25, -0.2) is 4.39 Å². The van der Waals surface area contributed by atoms with E-state index in [1.54, 1.807) is 24.3 Å². The molecular formula is C27H25ClF4N2O4. The lowest BCUT2D eigenvalue weighted by Gasteiger charge is -2.29. The lowest BCUT2D eigenvalue weighted by Crippen LogP contribution is -2.44. The second-order valence-corrected chi connectivity index (χ2v) is 9.56. The molecule has 0 bridgehead atoms. The van der Waals surface area contributed by atoms with Gasteiger partial charge >= 0.3 is 12.1 Å². The maximum absolute atomic E-state index is 14.3. The third-order valence-electron chi connectivity index (χ3n) is 6.01. The fourth-order valence-electron chi connectivity index (χ4n) is 4.02. The Labute approximate surface area is 221 Å². The first-order valence-electron chi connectivity index (χ1n) is 11.4. The summed E-state index contributed by atoms with van der Waals surface area (Å²) < 4.78 is 57.9. The van der Waals surface area contributed by atoms with Gasteiger partial charge in [-0.15, -0.1) is 0 Å². The lowest BCUT2D eigenvalue weighted by molar-refractivity contribution is -0.152. The zero-order valence-electron chi connectivity index (χ0n) is 20.5. The van der Waals surface area contributed by atoms with E-state index in [0.717, 1.165) is 12.1 Å². The van der Waals surface area contributed by atoms with E-state index < -0.39 is 40.9 Å². The molecule has 0 saturated carbocycles. The zero-order chi connectivity index (χ0) is 28.1. The van der Waals surface area contributed by atoms with E-state index in [2.05, 4.69) is 10.3 Å². The van der Waals surface area contributed by atoms with E-state index in [1.807, 2.05) is 0 Å². The average Bonchev–Trinajstić information content (AvgIpc) is 2.85. The largest absolute Gasteiger partial charge is 0.481 e. The highest BCUT2D eigenvalue weighted by Gasteiger charge is 2.37. The van der Waals surface area contributed by atoms with Crippen molar-refractivity contribution in [1.82, 2.24) is 10.3 Å². The highest BCUT2D eigenvalue weighted by molar-refractivity contribution is 6.30. The molecule has 0 fully saturated rings. The van der Waals surface area contributed by atoms with Gasteiger partial charge in [-0.05, 0) is 61.2 Å². The van der Waals surface area contributed by atoms with Crippen LogP contribution in [0, 0.1) is 11.2 Å². The number of carboxylic acids is 1. The van der Waals surface area contributed by atoms with Gasteiger partial charge in [0.05, 0.1) is 17.6 Å². The highest BCUT2D eigenvalue weighted by Crippen LogP contribution is 2.30. The summed E-state index contributed by atoms with van der Waals surface area (Å²) in [6.45, 7) is 1.33. The molecule has 0 aliphatic heterocycles. The first-order valence-corrected chi connectivity index (χ1v) is 11.8. The van der Waals surface area contributed by atoms with Gasteiger partial charge < -0.3 is 15.2 Å². The predicted octanol–water partition coefficient (Wildman–Crippen LogP) is 6.03. The lowest BCUT2D eigenvalue weighted by atomic mass is 9.82. The molecule has 2 atom stereocenters. The van der Waals surface area contributed by atoms with Crippen LogP contribution in [0.5, 0.6) is 0 Å². The summed E-state index contributed by atoms with van der Waals surface area (Å²) in [5, 5.41) is 12.9. The fraction of sp³-hybridized carbons (Fsp3) is 0.296. The van der Waals surface area contributed by atoms with Crippen LogP contribution in [0.15, 0.2) is 60.8 Å². The number of carbonyl (C=O) groups is 2. The quantitative estimate of drug-likeness (QED) is 0.300. The van der Waals surface area contributed by atoms with Gasteiger partial charge in [0.25, 0.3) is 5.91 Å². The van der Waals surface area contributed by atoms with E-state index in [4.69, 9.17) is 16.3 Å². The molecule has 1 amide bonds. The molecule has 2 unspecified atom stereocenters. The Kier molecular flexibility index (Phi) is 9.11. The van der Waals surface area contributed by atoms with Crippen molar-refractivity contribution in [3.05, 3.63) is 88.5 Å². The van der Waals surface area contributed by atoms with Crippen LogP contribution in [-0.2, 0) is 22.1 Å². The normalized spacial score (nSPS) is 14.0. The van der Waals surface area contributed by atoms with Crippen LogP contribution in [0.25, 0.3) is 11.1 Å². The van der Waals surface area contributed by atoms with Gasteiger partial charge in [0, 0.05) is 29.9 Å². The molecule has 1 aromatic heterocycles. The third kappa shape index (κ3) is 7.29. The average molecular weight is 553 g/mol. The summed E-state index contributed by atoms with van der Waals surface area (Å²) in [4.78, 5) is 28.4. The molecule has 0 radical (unpaired) electrons. The Bertz CT molecular complexity index is 1280. The Hall–Kier alpha value is -3.50. The standard InChI is InChI=1S/C27H25ClF4N2O4/c1-26(15-38-2,25(36)37)13-20(34-24(35)23-10-7-18(14-33-23)27(30,31)32)11-16-3-5-17(6-4-16)21-12-19(28)8-9-22(21)29/h3-10,12,14,20H,11,13,15H2,1-2H3,(H,34,35)(H,36,37). The number of nitrogens with zero attached hydrogens (tertiary/aromatic N) is 1. The Balaban J connectivity index is 1.85. The first-order chi connectivity index (χ1) is 17.8. The molecule has 3 aromatic rings. The molecule has 11 heteroatoms. The van der Waals surface area contributed by atoms with Crippen molar-refractivity contribution >= 4 is 23.5 Å². The number of nitrogens with one attached hydrogen (secondary N) is 1. The molecule has 0 spiro atoms. The summed E-state index contributed by atoms with van der Waals surface area (Å²) in [5.41, 5.74) is -1.05. The summed E-state index contributed by atoms with van der Waals surface area (Å²) in [7, 11) is 1.36. The second kappa shape index (κ2) is 11.9. The number of hydrogen-bond acceptors (Lipinski definition) is 4. The van der Waals surface area contributed by atoms with E-state index in [0.29, 0.717) is 27.9 Å². The SMILES string of the molecule is COCC(C)(CC(Cc1ccc(-c2cc(Cl)ccc2F)cc1)NC(=O)c1ccc(C(F)(F)F)cn1)C(=O)O. The molecule has 2 N–H and O–H groups in total. The number of carboxylic acid groups (broad SMARTS) is 1. The number of hydrogen-bond donors (Lipinski definition) is 2. The van der Waals surface area contributed by atoms with Crippen molar-refractivity contribution in [2.75, 3.05) is 13.7 Å². The summed E-state index contributed by atoms with van der Waals surface area (Å²) in [5.74, 6) is -2.35. The topological polar surface area (TPSA) is 88.5 Å². The monoisotopic (exact) mass is 552 g/mol. The van der Waals surface area contributed by atoms with E-state index >= 15 is 0 Å². The van der Waals surface area contributed by atoms with Crippen LogP contribution in [0.1, 0.15) is 35.0 Å². The van der Waals surface area contributed by atoms with Gasteiger partial charge in [-0.3, -0.25) is 14.6 Å². The van der Waals surface area contributed by atoms with Gasteiger partial charge in [0.1, 0.15) is 11.5 Å². The summed E-state index contributed by atoms with van der Waals surface area (Å²) >= 11 is 5.98. The molecule has 6 nitrogen and oxygen atoms in total. The van der Waals surface area contributed by atoms with Crippen LogP contribution in [0.2, 0.25) is 5.02 Å². The Morgan fingerprint density at radius 3 is 2.34 bits per heavy atom. The smallest absolute Gasteiger partial charge is 0.417 e. The third-order valence-corrected chi connectivity index (χ3v) is 6.25. The van der Waals surface area contributed by atoms with Gasteiger partial charge in [-0.1, -0.05) is 35.9 Å². The van der Waals surface area contributed by atoms with E-state index in [1.165, 1.54) is 32.2 Å². The van der Waals surface area contributed by atoms with Crippen LogP contribution >= 0.6 is 11.6 Å². The van der Waals surface area contributed by atoms with E-state index in [-0.39, 0.29) is 25.1 Å². The number of pyridine rings is 1. The number of alkyl halides is 3. The number of amides is 1. The zero-order valence-corrected chi connectivity index (χ0v) is 21.2. The predicted molar refractivity (Wildman–Crippen MR) is 133 cm³/mol. The van der Waals surface area contributed by atoms with Crippen LogP contribution < -0.4 is 5.32 Å². The van der Waals surface area contributed by atoms with Crippen molar-refractivity contribution in [3.63, 3.8) is 0 Å². The second-order valence-electron chi connectivity index (χ2n) is 9.13. The molecule has 1 heterocycles. The van der Waals surface area contributed by atoms with Crippen molar-refractivity contribution in [2.24, 2.45) is 5.41 Å². The van der Waals surface area contributed by atoms with Gasteiger partial charge in [-0.2, -0.15) is 13.2 Å². The minimum atomic E-state index is -4.60. The number of aromatic nitrogens is 1. The van der Waals surface area contributed by atoms with Crippen molar-refractivity contribution in [1.29, 1.82) is 0 Å². The van der Waals surface area contributed by atoms with Crippen molar-refractivity contribution in [2.45, 2.75) is 32.0 Å². The van der Waals surface area contributed by atoms with Crippen LogP contribution in [0.4, 0.5) is 17.6 Å². The number of ether oxygens (including phenoxy) is 1. The molecule has 3 rings (SSSR count). The van der Waals surface area contributed by atoms with Crippen molar-refractivity contribution in [3.8, 4) is 11.1 Å². The summed E-state index contributed by atoms with van der Waals surface area (Å²) in [6.07, 6.45) is -3.91. The van der Waals surface area contributed by atoms with Crippen LogP contribution in [0.3, 0.4) is 0 Å². The molecule has 202 valence electrons. The van der Waals surface area contributed by atoms with Gasteiger partial charge in [0.2, 0.25) is 0 Å². The number of benzene rings is 2. The maximum Gasteiger partial charge on any atom is 0.417 e. The number of methoxy groups -OCH3 is 1. The Morgan fingerprint density at radius 2 is 1.79 bits per heavy atom. The first kappa shape index (κ1) is 29.1. The molecule has 0 aliphatic carbocycles.